The Morgan fingerprint density at radius 2 is 1.75 bits per heavy atom. The normalized spacial score (nSPS) is 11.5. The summed E-state index contributed by atoms with van der Waals surface area (Å²) < 4.78 is 7.01. The van der Waals surface area contributed by atoms with Crippen molar-refractivity contribution in [3.63, 3.8) is 0 Å². The molecule has 1 heterocycles. The number of hydrazine groups is 1. The van der Waals surface area contributed by atoms with E-state index in [9.17, 15) is 20.0 Å². The van der Waals surface area contributed by atoms with Gasteiger partial charge in [0.2, 0.25) is 0 Å². The van der Waals surface area contributed by atoms with Crippen LogP contribution in [0.5, 0.6) is 11.5 Å². The molecular formula is C30H22BrN5O4. The Morgan fingerprint density at radius 1 is 1.05 bits per heavy atom. The molecule has 0 fully saturated rings. The Morgan fingerprint density at radius 3 is 2.45 bits per heavy atom. The molecule has 0 saturated carbocycles. The number of halogens is 1. The van der Waals surface area contributed by atoms with Gasteiger partial charge in [-0.15, -0.1) is 0 Å². The van der Waals surface area contributed by atoms with Gasteiger partial charge in [-0.2, -0.15) is 5.26 Å². The summed E-state index contributed by atoms with van der Waals surface area (Å²) in [6.07, 6.45) is 0. The summed E-state index contributed by atoms with van der Waals surface area (Å²) in [4.78, 5) is 31.2. The van der Waals surface area contributed by atoms with E-state index in [1.807, 2.05) is 36.4 Å². The lowest BCUT2D eigenvalue weighted by Crippen LogP contribution is -2.39. The first-order valence-corrected chi connectivity index (χ1v) is 12.9. The number of carbonyl (C=O) groups is 1. The molecule has 198 valence electrons. The standard InChI is InChI=1S/C30H22BrN5O4/c1-40-26-16-20(15-23(31)27(26)37)25(17-32)34-35-29(38)19-11-13-21(14-12-19)36-28(18-7-3-2-4-8-18)33-24-10-6-5-9-22(24)30(36)39/h2-16,25,34,37H,1H3,(H,35,38). The highest BCUT2D eigenvalue weighted by Crippen LogP contribution is 2.36. The molecule has 1 amide bonds. The van der Waals surface area contributed by atoms with Crippen LogP contribution in [0, 0.1) is 11.3 Å². The lowest BCUT2D eigenvalue weighted by molar-refractivity contribution is 0.0929. The topological polar surface area (TPSA) is 129 Å². The van der Waals surface area contributed by atoms with Gasteiger partial charge in [0, 0.05) is 11.1 Å². The van der Waals surface area contributed by atoms with Crippen molar-refractivity contribution in [2.75, 3.05) is 7.11 Å². The lowest BCUT2D eigenvalue weighted by Gasteiger charge is -2.16. The molecule has 4 aromatic carbocycles. The number of hydrogen-bond acceptors (Lipinski definition) is 7. The van der Waals surface area contributed by atoms with Crippen molar-refractivity contribution in [2.45, 2.75) is 6.04 Å². The van der Waals surface area contributed by atoms with E-state index in [2.05, 4.69) is 32.9 Å². The molecule has 5 aromatic rings. The number of carbonyl (C=O) groups excluding carboxylic acids is 1. The fourth-order valence-corrected chi connectivity index (χ4v) is 4.69. The van der Waals surface area contributed by atoms with Gasteiger partial charge >= 0.3 is 0 Å². The average Bonchev–Trinajstić information content (AvgIpc) is 2.99. The molecule has 9 nitrogen and oxygen atoms in total. The van der Waals surface area contributed by atoms with Gasteiger partial charge in [0.25, 0.3) is 11.5 Å². The zero-order valence-corrected chi connectivity index (χ0v) is 22.7. The highest BCUT2D eigenvalue weighted by molar-refractivity contribution is 9.10. The maximum absolute atomic E-state index is 13.6. The molecule has 3 N–H and O–H groups in total. The number of aromatic hydroxyl groups is 1. The van der Waals surface area contributed by atoms with Crippen LogP contribution in [-0.4, -0.2) is 27.7 Å². The highest BCUT2D eigenvalue weighted by Gasteiger charge is 2.18. The van der Waals surface area contributed by atoms with E-state index in [1.165, 1.54) is 17.7 Å². The number of nitrogens with zero attached hydrogens (tertiary/aromatic N) is 3. The number of benzene rings is 4. The number of aromatic nitrogens is 2. The predicted octanol–water partition coefficient (Wildman–Crippen LogP) is 5.03. The molecule has 0 spiro atoms. The molecule has 1 atom stereocenters. The van der Waals surface area contributed by atoms with Crippen LogP contribution < -0.4 is 21.1 Å². The molecule has 0 saturated heterocycles. The second kappa shape index (κ2) is 11.4. The largest absolute Gasteiger partial charge is 0.503 e. The Balaban J connectivity index is 1.42. The van der Waals surface area contributed by atoms with Gasteiger partial charge in [-0.1, -0.05) is 42.5 Å². The molecule has 0 aliphatic heterocycles. The third-order valence-electron chi connectivity index (χ3n) is 6.26. The summed E-state index contributed by atoms with van der Waals surface area (Å²) in [6, 6.07) is 27.3. The van der Waals surface area contributed by atoms with E-state index in [-0.39, 0.29) is 17.1 Å². The molecule has 1 aromatic heterocycles. The minimum atomic E-state index is -0.926. The number of para-hydroxylation sites is 1. The number of amides is 1. The van der Waals surface area contributed by atoms with Gasteiger partial charge < -0.3 is 9.84 Å². The molecule has 40 heavy (non-hydrogen) atoms. The Bertz CT molecular complexity index is 1820. The highest BCUT2D eigenvalue weighted by atomic mass is 79.9. The first-order chi connectivity index (χ1) is 19.4. The maximum Gasteiger partial charge on any atom is 0.266 e. The molecule has 0 bridgehead atoms. The first-order valence-electron chi connectivity index (χ1n) is 12.1. The SMILES string of the molecule is COc1cc(C(C#N)NNC(=O)c2ccc(-n3c(-c4ccccc4)nc4ccccc4c3=O)cc2)cc(Br)c1O. The van der Waals surface area contributed by atoms with Crippen LogP contribution in [0.1, 0.15) is 22.0 Å². The van der Waals surface area contributed by atoms with Crippen molar-refractivity contribution in [1.29, 1.82) is 5.26 Å². The predicted molar refractivity (Wildman–Crippen MR) is 154 cm³/mol. The van der Waals surface area contributed by atoms with Crippen LogP contribution >= 0.6 is 15.9 Å². The fraction of sp³-hybridized carbons (Fsp3) is 0.0667. The van der Waals surface area contributed by atoms with Gasteiger partial charge in [0.1, 0.15) is 11.9 Å². The van der Waals surface area contributed by atoms with Crippen LogP contribution in [0.15, 0.2) is 100 Å². The Hall–Kier alpha value is -4.98. The van der Waals surface area contributed by atoms with Gasteiger partial charge in [-0.3, -0.25) is 19.6 Å². The molecule has 0 radical (unpaired) electrons. The Kier molecular flexibility index (Phi) is 7.59. The maximum atomic E-state index is 13.6. The van der Waals surface area contributed by atoms with Gasteiger partial charge in [0.15, 0.2) is 11.5 Å². The molecule has 0 aliphatic rings. The third-order valence-corrected chi connectivity index (χ3v) is 6.86. The number of ether oxygens (including phenoxy) is 1. The fourth-order valence-electron chi connectivity index (χ4n) is 4.23. The smallest absolute Gasteiger partial charge is 0.266 e. The van der Waals surface area contributed by atoms with Gasteiger partial charge in [-0.05, 0) is 70.0 Å². The van der Waals surface area contributed by atoms with Crippen molar-refractivity contribution in [1.82, 2.24) is 20.4 Å². The number of phenolic OH excluding ortho intramolecular Hbond substituents is 1. The Labute approximate surface area is 237 Å². The zero-order chi connectivity index (χ0) is 28.2. The number of nitrogens with one attached hydrogen (secondary N) is 2. The molecule has 0 aliphatic carbocycles. The summed E-state index contributed by atoms with van der Waals surface area (Å²) in [5, 5.41) is 20.2. The van der Waals surface area contributed by atoms with E-state index < -0.39 is 11.9 Å². The summed E-state index contributed by atoms with van der Waals surface area (Å²) in [5.41, 5.74) is 7.70. The average molecular weight is 596 g/mol. The number of methoxy groups -OCH3 is 1. The number of phenols is 1. The first kappa shape index (κ1) is 26.6. The molecule has 10 heteroatoms. The number of nitriles is 1. The van der Waals surface area contributed by atoms with E-state index in [0.717, 1.165) is 5.56 Å². The van der Waals surface area contributed by atoms with Gasteiger partial charge in [0.05, 0.1) is 34.2 Å². The molecular weight excluding hydrogens is 574 g/mol. The van der Waals surface area contributed by atoms with Crippen molar-refractivity contribution < 1.29 is 14.6 Å². The van der Waals surface area contributed by atoms with E-state index in [4.69, 9.17) is 9.72 Å². The summed E-state index contributed by atoms with van der Waals surface area (Å²) in [7, 11) is 1.40. The van der Waals surface area contributed by atoms with E-state index in [0.29, 0.717) is 38.0 Å². The van der Waals surface area contributed by atoms with Gasteiger partial charge in [-0.25, -0.2) is 10.4 Å². The second-order valence-corrected chi connectivity index (χ2v) is 9.57. The third kappa shape index (κ3) is 5.16. The van der Waals surface area contributed by atoms with Crippen LogP contribution in [0.2, 0.25) is 0 Å². The van der Waals surface area contributed by atoms with E-state index >= 15 is 0 Å². The minimum absolute atomic E-state index is 0.0943. The summed E-state index contributed by atoms with van der Waals surface area (Å²) >= 11 is 3.23. The summed E-state index contributed by atoms with van der Waals surface area (Å²) in [6.45, 7) is 0. The van der Waals surface area contributed by atoms with Crippen LogP contribution in [0.3, 0.4) is 0 Å². The van der Waals surface area contributed by atoms with Crippen molar-refractivity contribution in [3.8, 4) is 34.6 Å². The van der Waals surface area contributed by atoms with Crippen LogP contribution in [0.25, 0.3) is 28.0 Å². The number of hydrogen-bond donors (Lipinski definition) is 3. The minimum Gasteiger partial charge on any atom is -0.503 e. The molecule has 1 unspecified atom stereocenters. The lowest BCUT2D eigenvalue weighted by atomic mass is 10.1. The monoisotopic (exact) mass is 595 g/mol. The van der Waals surface area contributed by atoms with Crippen molar-refractivity contribution in [2.24, 2.45) is 0 Å². The van der Waals surface area contributed by atoms with Crippen LogP contribution in [0.4, 0.5) is 0 Å². The number of rotatable bonds is 7. The second-order valence-electron chi connectivity index (χ2n) is 8.72. The summed E-state index contributed by atoms with van der Waals surface area (Å²) in [5.74, 6) is 0.0873. The van der Waals surface area contributed by atoms with Crippen LogP contribution in [-0.2, 0) is 0 Å². The number of fused-ring (bicyclic) bond motifs is 1. The van der Waals surface area contributed by atoms with Crippen molar-refractivity contribution >= 4 is 32.7 Å². The quantitative estimate of drug-likeness (QED) is 0.225. The van der Waals surface area contributed by atoms with Crippen molar-refractivity contribution in [3.05, 3.63) is 117 Å². The molecule has 5 rings (SSSR count). The zero-order valence-electron chi connectivity index (χ0n) is 21.1. The van der Waals surface area contributed by atoms with E-state index in [1.54, 1.807) is 48.5 Å².